The molecule has 1 aromatic heterocycles. The Morgan fingerprint density at radius 3 is 2.71 bits per heavy atom. The molecule has 4 rings (SSSR count). The van der Waals surface area contributed by atoms with E-state index in [0.29, 0.717) is 18.9 Å². The van der Waals surface area contributed by atoms with Gasteiger partial charge in [-0.15, -0.1) is 0 Å². The first-order valence-electron chi connectivity index (χ1n) is 9.25. The zero-order valence-corrected chi connectivity index (χ0v) is 15.9. The normalized spacial score (nSPS) is 16.8. The van der Waals surface area contributed by atoms with E-state index in [1.54, 1.807) is 11.1 Å². The van der Waals surface area contributed by atoms with Crippen LogP contribution in [0.1, 0.15) is 34.8 Å². The van der Waals surface area contributed by atoms with Crippen LogP contribution in [0.2, 0.25) is 5.02 Å². The van der Waals surface area contributed by atoms with Gasteiger partial charge in [-0.2, -0.15) is 0 Å². The maximum atomic E-state index is 14.2. The molecule has 1 aliphatic rings. The van der Waals surface area contributed by atoms with Crippen molar-refractivity contribution in [2.75, 3.05) is 13.1 Å². The molecule has 142 valence electrons. The highest BCUT2D eigenvalue weighted by Crippen LogP contribution is 2.29. The largest absolute Gasteiger partial charge is 0.338 e. The first kappa shape index (κ1) is 18.6. The van der Waals surface area contributed by atoms with Gasteiger partial charge in [0, 0.05) is 36.5 Å². The second kappa shape index (κ2) is 8.07. The van der Waals surface area contributed by atoms with E-state index in [1.807, 2.05) is 36.4 Å². The van der Waals surface area contributed by atoms with E-state index in [-0.39, 0.29) is 22.4 Å². The fraction of sp³-hybridized carbons (Fsp3) is 0.227. The number of nitrogens with zero attached hydrogens (tertiary/aromatic N) is 3. The summed E-state index contributed by atoms with van der Waals surface area (Å²) in [4.78, 5) is 23.6. The van der Waals surface area contributed by atoms with Gasteiger partial charge in [-0.3, -0.25) is 4.79 Å². The van der Waals surface area contributed by atoms with Gasteiger partial charge in [-0.25, -0.2) is 14.4 Å². The Balaban J connectivity index is 1.57. The number of hydrogen-bond donors (Lipinski definition) is 0. The lowest BCUT2D eigenvalue weighted by Gasteiger charge is -2.33. The van der Waals surface area contributed by atoms with Gasteiger partial charge in [0.05, 0.1) is 10.6 Å². The molecule has 1 unspecified atom stereocenters. The minimum absolute atomic E-state index is 0.0579. The summed E-state index contributed by atoms with van der Waals surface area (Å²) < 4.78 is 14.2. The molecular formula is C22H19ClFN3O. The second-order valence-corrected chi connectivity index (χ2v) is 7.27. The molecule has 1 atom stereocenters. The monoisotopic (exact) mass is 395 g/mol. The number of halogens is 2. The lowest BCUT2D eigenvalue weighted by molar-refractivity contribution is 0.0701. The molecule has 1 amide bonds. The van der Waals surface area contributed by atoms with E-state index in [9.17, 15) is 9.18 Å². The van der Waals surface area contributed by atoms with Gasteiger partial charge in [-0.05, 0) is 31.0 Å². The Kier molecular flexibility index (Phi) is 5.35. The van der Waals surface area contributed by atoms with E-state index in [1.165, 1.54) is 18.2 Å². The quantitative estimate of drug-likeness (QED) is 0.630. The number of aromatic nitrogens is 2. The van der Waals surface area contributed by atoms with Crippen LogP contribution in [0.5, 0.6) is 0 Å². The number of carbonyl (C=O) groups is 1. The van der Waals surface area contributed by atoms with E-state index < -0.39 is 5.82 Å². The number of amides is 1. The van der Waals surface area contributed by atoms with Crippen LogP contribution in [0.4, 0.5) is 4.39 Å². The molecule has 2 heterocycles. The number of benzene rings is 2. The Morgan fingerprint density at radius 1 is 1.11 bits per heavy atom. The number of likely N-dealkylation sites (tertiary alicyclic amines) is 1. The summed E-state index contributed by atoms with van der Waals surface area (Å²) in [5.41, 5.74) is 1.79. The third-order valence-corrected chi connectivity index (χ3v) is 5.33. The third kappa shape index (κ3) is 3.76. The molecule has 4 nitrogen and oxygen atoms in total. The summed E-state index contributed by atoms with van der Waals surface area (Å²) in [6.07, 6.45) is 3.49. The second-order valence-electron chi connectivity index (χ2n) is 6.86. The van der Waals surface area contributed by atoms with Crippen LogP contribution < -0.4 is 0 Å². The average Bonchev–Trinajstić information content (AvgIpc) is 2.74. The van der Waals surface area contributed by atoms with Crippen LogP contribution in [0.15, 0.2) is 60.8 Å². The first-order chi connectivity index (χ1) is 13.6. The smallest absolute Gasteiger partial charge is 0.258 e. The summed E-state index contributed by atoms with van der Waals surface area (Å²) >= 11 is 6.08. The predicted molar refractivity (Wildman–Crippen MR) is 107 cm³/mol. The van der Waals surface area contributed by atoms with E-state index in [4.69, 9.17) is 16.6 Å². The van der Waals surface area contributed by atoms with Gasteiger partial charge in [0.15, 0.2) is 5.82 Å². The number of hydrogen-bond acceptors (Lipinski definition) is 3. The molecule has 28 heavy (non-hydrogen) atoms. The van der Waals surface area contributed by atoms with E-state index in [0.717, 1.165) is 24.1 Å². The van der Waals surface area contributed by atoms with Crippen molar-refractivity contribution in [2.24, 2.45) is 0 Å². The number of carbonyl (C=O) groups excluding carboxylic acids is 1. The predicted octanol–water partition coefficient (Wildman–Crippen LogP) is 4.96. The maximum Gasteiger partial charge on any atom is 0.258 e. The fourth-order valence-electron chi connectivity index (χ4n) is 3.59. The number of rotatable bonds is 3. The van der Waals surface area contributed by atoms with Crippen molar-refractivity contribution < 1.29 is 9.18 Å². The molecule has 0 spiro atoms. The third-order valence-electron chi connectivity index (χ3n) is 5.01. The summed E-state index contributed by atoms with van der Waals surface area (Å²) in [5.74, 6) is -0.217. The fourth-order valence-corrected chi connectivity index (χ4v) is 3.83. The first-order valence-corrected chi connectivity index (χ1v) is 9.63. The molecule has 1 saturated heterocycles. The van der Waals surface area contributed by atoms with Crippen LogP contribution in [-0.4, -0.2) is 33.9 Å². The van der Waals surface area contributed by atoms with Crippen molar-refractivity contribution in [3.63, 3.8) is 0 Å². The molecule has 3 aromatic rings. The van der Waals surface area contributed by atoms with Crippen molar-refractivity contribution in [1.82, 2.24) is 14.9 Å². The molecule has 0 bridgehead atoms. The van der Waals surface area contributed by atoms with Crippen LogP contribution in [0.25, 0.3) is 11.4 Å². The SMILES string of the molecule is O=C(c1c(F)cccc1Cl)N1CCCC(c2ccnc(-c3ccccc3)n2)C1. The van der Waals surface area contributed by atoms with Crippen molar-refractivity contribution in [3.8, 4) is 11.4 Å². The molecule has 0 saturated carbocycles. The maximum absolute atomic E-state index is 14.2. The Bertz CT molecular complexity index is 976. The Morgan fingerprint density at radius 2 is 1.93 bits per heavy atom. The van der Waals surface area contributed by atoms with Crippen molar-refractivity contribution in [2.45, 2.75) is 18.8 Å². The number of piperidine rings is 1. The summed E-state index contributed by atoms with van der Waals surface area (Å²) in [5, 5.41) is 0.139. The minimum atomic E-state index is -0.590. The minimum Gasteiger partial charge on any atom is -0.338 e. The highest BCUT2D eigenvalue weighted by atomic mass is 35.5. The van der Waals surface area contributed by atoms with Crippen LogP contribution in [0.3, 0.4) is 0 Å². The molecule has 0 N–H and O–H groups in total. The molecule has 2 aromatic carbocycles. The van der Waals surface area contributed by atoms with E-state index >= 15 is 0 Å². The van der Waals surface area contributed by atoms with Gasteiger partial charge < -0.3 is 4.90 Å². The molecule has 6 heteroatoms. The topological polar surface area (TPSA) is 46.1 Å². The van der Waals surface area contributed by atoms with Gasteiger partial charge in [-0.1, -0.05) is 48.0 Å². The molecular weight excluding hydrogens is 377 g/mol. The lowest BCUT2D eigenvalue weighted by atomic mass is 9.94. The van der Waals surface area contributed by atoms with Crippen molar-refractivity contribution in [3.05, 3.63) is 82.9 Å². The summed E-state index contributed by atoms with van der Waals surface area (Å²) in [6.45, 7) is 1.06. The van der Waals surface area contributed by atoms with Crippen LogP contribution in [-0.2, 0) is 0 Å². The van der Waals surface area contributed by atoms with Crippen LogP contribution in [0, 0.1) is 5.82 Å². The van der Waals surface area contributed by atoms with Gasteiger partial charge in [0.25, 0.3) is 5.91 Å². The standard InChI is InChI=1S/C22H19ClFN3O/c23-17-9-4-10-18(24)20(17)22(28)27-13-5-8-16(14-27)19-11-12-25-21(26-19)15-6-2-1-3-7-15/h1-4,6-7,9-12,16H,5,8,13-14H2. The summed E-state index contributed by atoms with van der Waals surface area (Å²) in [7, 11) is 0. The Labute approximate surface area is 168 Å². The molecule has 1 fully saturated rings. The zero-order valence-electron chi connectivity index (χ0n) is 15.2. The molecule has 0 aliphatic carbocycles. The van der Waals surface area contributed by atoms with Crippen molar-refractivity contribution in [1.29, 1.82) is 0 Å². The van der Waals surface area contributed by atoms with Gasteiger partial charge in [0.1, 0.15) is 5.82 Å². The van der Waals surface area contributed by atoms with Gasteiger partial charge >= 0.3 is 0 Å². The van der Waals surface area contributed by atoms with Crippen molar-refractivity contribution >= 4 is 17.5 Å². The highest BCUT2D eigenvalue weighted by molar-refractivity contribution is 6.33. The summed E-state index contributed by atoms with van der Waals surface area (Å²) in [6, 6.07) is 16.0. The Hall–Kier alpha value is -2.79. The van der Waals surface area contributed by atoms with Gasteiger partial charge in [0.2, 0.25) is 0 Å². The van der Waals surface area contributed by atoms with Crippen LogP contribution >= 0.6 is 11.6 Å². The van der Waals surface area contributed by atoms with E-state index in [2.05, 4.69) is 4.98 Å². The average molecular weight is 396 g/mol. The highest BCUT2D eigenvalue weighted by Gasteiger charge is 2.29. The lowest BCUT2D eigenvalue weighted by Crippen LogP contribution is -2.39. The molecule has 1 aliphatic heterocycles. The zero-order chi connectivity index (χ0) is 19.5. The molecule has 0 radical (unpaired) electrons.